The first kappa shape index (κ1) is 15.1. The number of ether oxygens (including phenoxy) is 1. The van der Waals surface area contributed by atoms with Crippen molar-refractivity contribution in [3.05, 3.63) is 18.3 Å². The molecule has 1 N–H and O–H groups in total. The smallest absolute Gasteiger partial charge is 0.237 e. The van der Waals surface area contributed by atoms with Crippen molar-refractivity contribution in [3.8, 4) is 5.88 Å². The van der Waals surface area contributed by atoms with Crippen LogP contribution < -0.4 is 10.1 Å². The van der Waals surface area contributed by atoms with Crippen LogP contribution >= 0.6 is 0 Å². The molecule has 1 aliphatic carbocycles. The quantitative estimate of drug-likeness (QED) is 0.879. The van der Waals surface area contributed by atoms with Crippen LogP contribution in [0.25, 0.3) is 0 Å². The Balaban J connectivity index is 1.93. The Hall–Kier alpha value is -1.25. The summed E-state index contributed by atoms with van der Waals surface area (Å²) in [5.41, 5.74) is 1.48. The van der Waals surface area contributed by atoms with Crippen LogP contribution in [0.2, 0.25) is 0 Å². The highest BCUT2D eigenvalue weighted by Crippen LogP contribution is 2.38. The number of pyridine rings is 1. The summed E-state index contributed by atoms with van der Waals surface area (Å²) in [6.07, 6.45) is 6.88. The number of hydrogen-bond donors (Lipinski definition) is 1. The molecule has 0 radical (unpaired) electrons. The summed E-state index contributed by atoms with van der Waals surface area (Å²) < 4.78 is 5.58. The molecule has 1 aromatic heterocycles. The van der Waals surface area contributed by atoms with Gasteiger partial charge in [-0.15, -0.1) is 0 Å². The molecule has 1 saturated carbocycles. The van der Waals surface area contributed by atoms with E-state index in [2.05, 4.69) is 37.1 Å². The third kappa shape index (κ3) is 3.87. The molecule has 2 rings (SSSR count). The van der Waals surface area contributed by atoms with Crippen molar-refractivity contribution in [2.24, 2.45) is 11.3 Å². The second-order valence-electron chi connectivity index (χ2n) is 6.85. The van der Waals surface area contributed by atoms with Crippen LogP contribution in [-0.2, 0) is 0 Å². The zero-order valence-corrected chi connectivity index (χ0v) is 13.3. The van der Waals surface area contributed by atoms with Crippen LogP contribution in [0.3, 0.4) is 0 Å². The average Bonchev–Trinajstić information content (AvgIpc) is 2.41. The second kappa shape index (κ2) is 6.47. The molecule has 0 unspecified atom stereocenters. The van der Waals surface area contributed by atoms with Gasteiger partial charge in [-0.2, -0.15) is 0 Å². The topological polar surface area (TPSA) is 34.1 Å². The fraction of sp³-hybridized carbons (Fsp3) is 0.706. The SMILES string of the molecule is CCOc1ncccc1NC1CCC(C(C)(C)C)CC1. The largest absolute Gasteiger partial charge is 0.476 e. The summed E-state index contributed by atoms with van der Waals surface area (Å²) in [6, 6.07) is 4.58. The molecule has 1 aromatic rings. The van der Waals surface area contributed by atoms with Gasteiger partial charge in [0.15, 0.2) is 0 Å². The standard InChI is InChI=1S/C17H28N2O/c1-5-20-16-15(7-6-12-18-16)19-14-10-8-13(9-11-14)17(2,3)4/h6-7,12-14,19H,5,8-11H2,1-4H3. The van der Waals surface area contributed by atoms with E-state index in [1.807, 2.05) is 13.0 Å². The molecule has 0 bridgehead atoms. The number of hydrogen-bond acceptors (Lipinski definition) is 3. The molecular weight excluding hydrogens is 248 g/mol. The van der Waals surface area contributed by atoms with Gasteiger partial charge in [-0.05, 0) is 56.1 Å². The number of anilines is 1. The maximum atomic E-state index is 5.58. The van der Waals surface area contributed by atoms with E-state index in [-0.39, 0.29) is 0 Å². The van der Waals surface area contributed by atoms with Crippen LogP contribution in [0.4, 0.5) is 5.69 Å². The number of aromatic nitrogens is 1. The Kier molecular flexibility index (Phi) is 4.90. The molecule has 1 aliphatic rings. The van der Waals surface area contributed by atoms with Gasteiger partial charge in [0.2, 0.25) is 5.88 Å². The minimum absolute atomic E-state index is 0.440. The predicted molar refractivity (Wildman–Crippen MR) is 84.2 cm³/mol. The van der Waals surface area contributed by atoms with Crippen molar-refractivity contribution < 1.29 is 4.74 Å². The summed E-state index contributed by atoms with van der Waals surface area (Å²) in [5.74, 6) is 1.58. The van der Waals surface area contributed by atoms with E-state index in [0.29, 0.717) is 18.1 Å². The van der Waals surface area contributed by atoms with E-state index < -0.39 is 0 Å². The van der Waals surface area contributed by atoms with Gasteiger partial charge in [0.1, 0.15) is 0 Å². The van der Waals surface area contributed by atoms with E-state index in [1.165, 1.54) is 25.7 Å². The Morgan fingerprint density at radius 1 is 1.25 bits per heavy atom. The van der Waals surface area contributed by atoms with E-state index >= 15 is 0 Å². The molecule has 3 nitrogen and oxygen atoms in total. The Morgan fingerprint density at radius 2 is 1.95 bits per heavy atom. The highest BCUT2D eigenvalue weighted by atomic mass is 16.5. The molecular formula is C17H28N2O. The molecule has 0 spiro atoms. The highest BCUT2D eigenvalue weighted by Gasteiger charge is 2.29. The van der Waals surface area contributed by atoms with Crippen LogP contribution in [0.15, 0.2) is 18.3 Å². The summed E-state index contributed by atoms with van der Waals surface area (Å²) in [6.45, 7) is 9.73. The lowest BCUT2D eigenvalue weighted by Gasteiger charge is -2.37. The zero-order valence-electron chi connectivity index (χ0n) is 13.3. The third-order valence-corrected chi connectivity index (χ3v) is 4.36. The molecule has 0 amide bonds. The van der Waals surface area contributed by atoms with Crippen molar-refractivity contribution in [3.63, 3.8) is 0 Å². The molecule has 112 valence electrons. The van der Waals surface area contributed by atoms with E-state index in [4.69, 9.17) is 4.74 Å². The monoisotopic (exact) mass is 276 g/mol. The van der Waals surface area contributed by atoms with Gasteiger partial charge in [-0.25, -0.2) is 4.98 Å². The van der Waals surface area contributed by atoms with Crippen molar-refractivity contribution in [1.29, 1.82) is 0 Å². The van der Waals surface area contributed by atoms with E-state index in [9.17, 15) is 0 Å². The Morgan fingerprint density at radius 3 is 2.55 bits per heavy atom. The molecule has 0 aliphatic heterocycles. The fourth-order valence-electron chi connectivity index (χ4n) is 3.08. The van der Waals surface area contributed by atoms with Crippen LogP contribution in [-0.4, -0.2) is 17.6 Å². The molecule has 0 aromatic carbocycles. The van der Waals surface area contributed by atoms with E-state index in [0.717, 1.165) is 17.5 Å². The first-order valence-electron chi connectivity index (χ1n) is 7.85. The van der Waals surface area contributed by atoms with Gasteiger partial charge in [-0.3, -0.25) is 0 Å². The second-order valence-corrected chi connectivity index (χ2v) is 6.85. The molecule has 3 heteroatoms. The number of nitrogens with one attached hydrogen (secondary N) is 1. The first-order valence-corrected chi connectivity index (χ1v) is 7.85. The predicted octanol–water partition coefficient (Wildman–Crippen LogP) is 4.50. The average molecular weight is 276 g/mol. The van der Waals surface area contributed by atoms with Gasteiger partial charge < -0.3 is 10.1 Å². The number of rotatable bonds is 4. The summed E-state index contributed by atoms with van der Waals surface area (Å²) in [4.78, 5) is 4.30. The van der Waals surface area contributed by atoms with Gasteiger partial charge >= 0.3 is 0 Å². The fourth-order valence-corrected chi connectivity index (χ4v) is 3.08. The Labute approximate surface area is 123 Å². The molecule has 0 saturated heterocycles. The van der Waals surface area contributed by atoms with Gasteiger partial charge in [-0.1, -0.05) is 20.8 Å². The van der Waals surface area contributed by atoms with Crippen LogP contribution in [0.5, 0.6) is 5.88 Å². The molecule has 1 heterocycles. The summed E-state index contributed by atoms with van der Waals surface area (Å²) >= 11 is 0. The highest BCUT2D eigenvalue weighted by molar-refractivity contribution is 5.52. The minimum atomic E-state index is 0.440. The maximum absolute atomic E-state index is 5.58. The normalized spacial score (nSPS) is 23.4. The van der Waals surface area contributed by atoms with Gasteiger partial charge in [0.25, 0.3) is 0 Å². The van der Waals surface area contributed by atoms with Gasteiger partial charge in [0.05, 0.1) is 12.3 Å². The van der Waals surface area contributed by atoms with Crippen LogP contribution in [0.1, 0.15) is 53.4 Å². The maximum Gasteiger partial charge on any atom is 0.237 e. The Bertz CT molecular complexity index is 417. The zero-order chi connectivity index (χ0) is 14.6. The number of nitrogens with zero attached hydrogens (tertiary/aromatic N) is 1. The van der Waals surface area contributed by atoms with Crippen molar-refractivity contribution in [1.82, 2.24) is 4.98 Å². The minimum Gasteiger partial charge on any atom is -0.476 e. The van der Waals surface area contributed by atoms with Crippen molar-refractivity contribution >= 4 is 5.69 Å². The van der Waals surface area contributed by atoms with Crippen LogP contribution in [0, 0.1) is 11.3 Å². The van der Waals surface area contributed by atoms with Crippen molar-refractivity contribution in [2.45, 2.75) is 59.4 Å². The lowest BCUT2D eigenvalue weighted by Crippen LogP contribution is -2.31. The van der Waals surface area contributed by atoms with Gasteiger partial charge in [0, 0.05) is 12.2 Å². The third-order valence-electron chi connectivity index (χ3n) is 4.36. The molecule has 1 fully saturated rings. The summed E-state index contributed by atoms with van der Waals surface area (Å²) in [5, 5.41) is 3.62. The molecule has 20 heavy (non-hydrogen) atoms. The lowest BCUT2D eigenvalue weighted by atomic mass is 9.71. The summed E-state index contributed by atoms with van der Waals surface area (Å²) in [7, 11) is 0. The lowest BCUT2D eigenvalue weighted by molar-refractivity contribution is 0.173. The van der Waals surface area contributed by atoms with E-state index in [1.54, 1.807) is 6.20 Å². The first-order chi connectivity index (χ1) is 9.50. The molecule has 0 atom stereocenters. The van der Waals surface area contributed by atoms with Crippen molar-refractivity contribution in [2.75, 3.05) is 11.9 Å².